The minimum atomic E-state index is -0.442. The standard InChI is InChI=1S/C15H22N2O3/c1-15(2)9-12(17-7-8-19-10-14(16)18)11-5-3-4-6-13(11)20-15/h3-6,12,17H,7-10H2,1-2H3,(H2,16,18). The number of nitrogens with two attached hydrogens (primary N) is 1. The lowest BCUT2D eigenvalue weighted by atomic mass is 9.90. The third-order valence-electron chi connectivity index (χ3n) is 3.26. The first-order valence-corrected chi connectivity index (χ1v) is 6.85. The van der Waals surface area contributed by atoms with E-state index in [2.05, 4.69) is 25.2 Å². The lowest BCUT2D eigenvalue weighted by Crippen LogP contribution is -2.40. The summed E-state index contributed by atoms with van der Waals surface area (Å²) in [5.74, 6) is 0.488. The fourth-order valence-electron chi connectivity index (χ4n) is 2.46. The van der Waals surface area contributed by atoms with Crippen molar-refractivity contribution in [1.82, 2.24) is 5.32 Å². The van der Waals surface area contributed by atoms with Crippen molar-refractivity contribution in [2.75, 3.05) is 19.8 Å². The molecule has 5 nitrogen and oxygen atoms in total. The maximum absolute atomic E-state index is 10.6. The molecule has 20 heavy (non-hydrogen) atoms. The van der Waals surface area contributed by atoms with E-state index in [0.29, 0.717) is 13.2 Å². The Morgan fingerprint density at radius 2 is 2.25 bits per heavy atom. The van der Waals surface area contributed by atoms with Crippen LogP contribution in [0.3, 0.4) is 0 Å². The molecule has 1 aliphatic heterocycles. The van der Waals surface area contributed by atoms with Crippen LogP contribution in [0.1, 0.15) is 31.9 Å². The summed E-state index contributed by atoms with van der Waals surface area (Å²) in [6.07, 6.45) is 0.889. The number of rotatable bonds is 6. The van der Waals surface area contributed by atoms with Crippen molar-refractivity contribution in [2.24, 2.45) is 5.73 Å². The number of hydrogen-bond donors (Lipinski definition) is 2. The maximum Gasteiger partial charge on any atom is 0.243 e. The average Bonchev–Trinajstić information content (AvgIpc) is 2.36. The van der Waals surface area contributed by atoms with E-state index in [4.69, 9.17) is 15.2 Å². The Morgan fingerprint density at radius 3 is 3.00 bits per heavy atom. The quantitative estimate of drug-likeness (QED) is 0.771. The van der Waals surface area contributed by atoms with Crippen LogP contribution >= 0.6 is 0 Å². The van der Waals surface area contributed by atoms with E-state index in [1.165, 1.54) is 5.56 Å². The van der Waals surface area contributed by atoms with Gasteiger partial charge in [-0.2, -0.15) is 0 Å². The third kappa shape index (κ3) is 3.95. The van der Waals surface area contributed by atoms with Gasteiger partial charge in [0.1, 0.15) is 18.0 Å². The lowest BCUT2D eigenvalue weighted by Gasteiger charge is -2.38. The molecule has 0 saturated carbocycles. The predicted octanol–water partition coefficient (Wildman–Crippen LogP) is 1.38. The van der Waals surface area contributed by atoms with Crippen LogP contribution in [-0.4, -0.2) is 31.3 Å². The molecule has 0 spiro atoms. The Hall–Kier alpha value is -1.59. The number of fused-ring (bicyclic) bond motifs is 1. The van der Waals surface area contributed by atoms with Crippen molar-refractivity contribution in [3.05, 3.63) is 29.8 Å². The van der Waals surface area contributed by atoms with Gasteiger partial charge < -0.3 is 20.5 Å². The highest BCUT2D eigenvalue weighted by atomic mass is 16.5. The maximum atomic E-state index is 10.6. The van der Waals surface area contributed by atoms with E-state index < -0.39 is 5.91 Å². The van der Waals surface area contributed by atoms with Gasteiger partial charge in [0.05, 0.1) is 6.61 Å². The molecule has 1 atom stereocenters. The van der Waals surface area contributed by atoms with E-state index in [-0.39, 0.29) is 18.2 Å². The van der Waals surface area contributed by atoms with E-state index in [1.54, 1.807) is 0 Å². The number of primary amides is 1. The minimum Gasteiger partial charge on any atom is -0.487 e. The molecule has 1 aromatic rings. The number of ether oxygens (including phenoxy) is 2. The van der Waals surface area contributed by atoms with E-state index in [0.717, 1.165) is 12.2 Å². The zero-order valence-electron chi connectivity index (χ0n) is 12.0. The van der Waals surface area contributed by atoms with Gasteiger partial charge in [0.25, 0.3) is 0 Å². The molecule has 0 fully saturated rings. The Labute approximate surface area is 119 Å². The number of carbonyl (C=O) groups excluding carboxylic acids is 1. The lowest BCUT2D eigenvalue weighted by molar-refractivity contribution is -0.122. The number of nitrogens with one attached hydrogen (secondary N) is 1. The SMILES string of the molecule is CC1(C)CC(NCCOCC(N)=O)c2ccccc2O1. The van der Waals surface area contributed by atoms with Gasteiger partial charge in [0.15, 0.2) is 0 Å². The van der Waals surface area contributed by atoms with Crippen molar-refractivity contribution in [3.8, 4) is 5.75 Å². The van der Waals surface area contributed by atoms with Gasteiger partial charge in [-0.05, 0) is 19.9 Å². The first-order chi connectivity index (χ1) is 9.48. The Kier molecular flexibility index (Phi) is 4.62. The third-order valence-corrected chi connectivity index (χ3v) is 3.26. The number of para-hydroxylation sites is 1. The highest BCUT2D eigenvalue weighted by Gasteiger charge is 2.32. The summed E-state index contributed by atoms with van der Waals surface area (Å²) in [5.41, 5.74) is 5.99. The molecule has 1 aliphatic rings. The smallest absolute Gasteiger partial charge is 0.243 e. The molecule has 110 valence electrons. The minimum absolute atomic E-state index is 0.0302. The van der Waals surface area contributed by atoms with E-state index >= 15 is 0 Å². The summed E-state index contributed by atoms with van der Waals surface area (Å²) in [5, 5.41) is 3.45. The largest absolute Gasteiger partial charge is 0.487 e. The summed E-state index contributed by atoms with van der Waals surface area (Å²) in [4.78, 5) is 10.6. The van der Waals surface area contributed by atoms with Crippen LogP contribution < -0.4 is 15.8 Å². The van der Waals surface area contributed by atoms with E-state index in [9.17, 15) is 4.79 Å². The van der Waals surface area contributed by atoms with Gasteiger partial charge in [-0.25, -0.2) is 0 Å². The fraction of sp³-hybridized carbons (Fsp3) is 0.533. The monoisotopic (exact) mass is 278 g/mol. The van der Waals surface area contributed by atoms with Crippen LogP contribution in [0.5, 0.6) is 5.75 Å². The number of amides is 1. The van der Waals surface area contributed by atoms with Gasteiger partial charge in [0, 0.05) is 24.6 Å². The molecular weight excluding hydrogens is 256 g/mol. The molecule has 1 unspecified atom stereocenters. The van der Waals surface area contributed by atoms with Crippen molar-refractivity contribution in [2.45, 2.75) is 31.9 Å². The summed E-state index contributed by atoms with van der Waals surface area (Å²) >= 11 is 0. The van der Waals surface area contributed by atoms with Crippen LogP contribution in [0, 0.1) is 0 Å². The van der Waals surface area contributed by atoms with Crippen molar-refractivity contribution in [1.29, 1.82) is 0 Å². The van der Waals surface area contributed by atoms with Gasteiger partial charge >= 0.3 is 0 Å². The second-order valence-corrected chi connectivity index (χ2v) is 5.63. The van der Waals surface area contributed by atoms with Crippen LogP contribution in [0.2, 0.25) is 0 Å². The highest BCUT2D eigenvalue weighted by Crippen LogP contribution is 2.38. The van der Waals surface area contributed by atoms with E-state index in [1.807, 2.05) is 18.2 Å². The number of hydrogen-bond acceptors (Lipinski definition) is 4. The molecule has 5 heteroatoms. The highest BCUT2D eigenvalue weighted by molar-refractivity contribution is 5.74. The Morgan fingerprint density at radius 1 is 1.50 bits per heavy atom. The topological polar surface area (TPSA) is 73.6 Å². The number of benzene rings is 1. The van der Waals surface area contributed by atoms with Gasteiger partial charge in [0.2, 0.25) is 5.91 Å². The van der Waals surface area contributed by atoms with Crippen molar-refractivity contribution in [3.63, 3.8) is 0 Å². The predicted molar refractivity (Wildman–Crippen MR) is 76.5 cm³/mol. The molecule has 0 bridgehead atoms. The van der Waals surface area contributed by atoms with Crippen LogP contribution in [0.4, 0.5) is 0 Å². The molecule has 3 N–H and O–H groups in total. The summed E-state index contributed by atoms with van der Waals surface area (Å²) in [6.45, 7) is 5.27. The molecule has 1 aromatic carbocycles. The van der Waals surface area contributed by atoms with Gasteiger partial charge in [-0.15, -0.1) is 0 Å². The summed E-state index contributed by atoms with van der Waals surface area (Å²) in [7, 11) is 0. The molecule has 0 aromatic heterocycles. The average molecular weight is 278 g/mol. The van der Waals surface area contributed by atoms with Gasteiger partial charge in [-0.3, -0.25) is 4.79 Å². The fourth-order valence-corrected chi connectivity index (χ4v) is 2.46. The second-order valence-electron chi connectivity index (χ2n) is 5.63. The van der Waals surface area contributed by atoms with Crippen LogP contribution in [-0.2, 0) is 9.53 Å². The second kappa shape index (κ2) is 6.24. The molecular formula is C15H22N2O3. The van der Waals surface area contributed by atoms with Crippen molar-refractivity contribution >= 4 is 5.91 Å². The normalized spacial score (nSPS) is 20.0. The first-order valence-electron chi connectivity index (χ1n) is 6.85. The molecule has 1 amide bonds. The molecule has 0 saturated heterocycles. The molecule has 0 aliphatic carbocycles. The summed E-state index contributed by atoms with van der Waals surface area (Å²) in [6, 6.07) is 8.29. The van der Waals surface area contributed by atoms with Gasteiger partial charge in [-0.1, -0.05) is 18.2 Å². The Bertz CT molecular complexity index is 474. The molecule has 1 heterocycles. The molecule has 0 radical (unpaired) electrons. The van der Waals surface area contributed by atoms with Crippen LogP contribution in [0.25, 0.3) is 0 Å². The number of carbonyl (C=O) groups is 1. The summed E-state index contributed by atoms with van der Waals surface area (Å²) < 4.78 is 11.1. The first kappa shape index (κ1) is 14.8. The molecule has 2 rings (SSSR count). The Balaban J connectivity index is 1.92. The van der Waals surface area contributed by atoms with Crippen molar-refractivity contribution < 1.29 is 14.3 Å². The zero-order chi connectivity index (χ0) is 14.6. The zero-order valence-corrected chi connectivity index (χ0v) is 12.0. The van der Waals surface area contributed by atoms with Crippen LogP contribution in [0.15, 0.2) is 24.3 Å².